The number of alkyl halides is 4. The minimum Gasteiger partial charge on any atom is -0.399 e. The predicted octanol–water partition coefficient (Wildman–Crippen LogP) is 5.79. The van der Waals surface area contributed by atoms with E-state index in [1.54, 1.807) is 0 Å². The predicted molar refractivity (Wildman–Crippen MR) is 105 cm³/mol. The van der Waals surface area contributed by atoms with Crippen molar-refractivity contribution in [2.75, 3.05) is 0 Å². The van der Waals surface area contributed by atoms with Gasteiger partial charge in [0.15, 0.2) is 0 Å². The molecule has 1 aromatic rings. The molecule has 7 heteroatoms. The number of halogens is 4. The average molecular weight is 412 g/mol. The minimum absolute atomic E-state index is 0.0378. The van der Waals surface area contributed by atoms with Crippen LogP contribution in [0.2, 0.25) is 0 Å². The van der Waals surface area contributed by atoms with Crippen LogP contribution in [-0.2, 0) is 9.31 Å². The van der Waals surface area contributed by atoms with E-state index in [1.165, 1.54) is 0 Å². The lowest BCUT2D eigenvalue weighted by molar-refractivity contribution is -0.0868. The molecule has 3 aliphatic rings. The van der Waals surface area contributed by atoms with Gasteiger partial charge in [0.25, 0.3) is 0 Å². The second-order valence-electron chi connectivity index (χ2n) is 10.1. The van der Waals surface area contributed by atoms with Crippen molar-refractivity contribution in [1.82, 2.24) is 0 Å². The van der Waals surface area contributed by atoms with E-state index < -0.39 is 30.2 Å². The van der Waals surface area contributed by atoms with Gasteiger partial charge in [-0.3, -0.25) is 0 Å². The molecule has 0 N–H and O–H groups in total. The fourth-order valence-corrected chi connectivity index (χ4v) is 4.63. The zero-order valence-electron chi connectivity index (χ0n) is 17.5. The van der Waals surface area contributed by atoms with Gasteiger partial charge < -0.3 is 9.31 Å². The fraction of sp³-hybridized carbons (Fsp3) is 0.727. The highest BCUT2D eigenvalue weighted by molar-refractivity contribution is 6.62. The van der Waals surface area contributed by atoms with Crippen LogP contribution >= 0.6 is 0 Å². The zero-order valence-corrected chi connectivity index (χ0v) is 17.5. The number of hydrogen-bond donors (Lipinski definition) is 0. The Labute approximate surface area is 170 Å². The van der Waals surface area contributed by atoms with Crippen LogP contribution in [0.15, 0.2) is 18.2 Å². The molecule has 0 spiro atoms. The summed E-state index contributed by atoms with van der Waals surface area (Å²) in [6, 6.07) is 5.73. The third-order valence-electron chi connectivity index (χ3n) is 7.34. The van der Waals surface area contributed by atoms with Crippen LogP contribution in [0, 0.1) is 0 Å². The van der Waals surface area contributed by atoms with E-state index in [0.717, 1.165) is 16.6 Å². The van der Waals surface area contributed by atoms with Crippen molar-refractivity contribution in [3.05, 3.63) is 29.3 Å². The lowest BCUT2D eigenvalue weighted by Gasteiger charge is -2.36. The number of benzene rings is 1. The summed E-state index contributed by atoms with van der Waals surface area (Å²) >= 11 is 0. The molecule has 29 heavy (non-hydrogen) atoms. The molecule has 2 saturated carbocycles. The summed E-state index contributed by atoms with van der Waals surface area (Å²) in [6.45, 7) is 7.88. The Morgan fingerprint density at radius 2 is 1.38 bits per heavy atom. The maximum atomic E-state index is 13.7. The molecular weight excluding hydrogens is 383 g/mol. The second-order valence-corrected chi connectivity index (χ2v) is 10.1. The molecule has 1 aliphatic heterocycles. The Hall–Kier alpha value is -1.08. The zero-order chi connectivity index (χ0) is 21.2. The van der Waals surface area contributed by atoms with Crippen LogP contribution in [-0.4, -0.2) is 30.2 Å². The third-order valence-corrected chi connectivity index (χ3v) is 7.34. The molecule has 0 bridgehead atoms. The molecule has 0 atom stereocenters. The normalized spacial score (nSPS) is 28.3. The smallest absolute Gasteiger partial charge is 0.399 e. The Bertz CT molecular complexity index is 759. The van der Waals surface area contributed by atoms with Gasteiger partial charge >= 0.3 is 7.12 Å². The molecule has 0 aromatic heterocycles. The van der Waals surface area contributed by atoms with E-state index in [0.29, 0.717) is 12.8 Å². The van der Waals surface area contributed by atoms with Gasteiger partial charge in [-0.15, -0.1) is 0 Å². The van der Waals surface area contributed by atoms with Crippen molar-refractivity contribution in [1.29, 1.82) is 0 Å². The molecule has 0 radical (unpaired) electrons. The monoisotopic (exact) mass is 412 g/mol. The van der Waals surface area contributed by atoms with Gasteiger partial charge in [0.2, 0.25) is 11.8 Å². The Morgan fingerprint density at radius 3 is 1.90 bits per heavy atom. The molecule has 160 valence electrons. The highest BCUT2D eigenvalue weighted by Crippen LogP contribution is 2.49. The summed E-state index contributed by atoms with van der Waals surface area (Å²) in [6.07, 6.45) is 0.169. The van der Waals surface area contributed by atoms with Crippen molar-refractivity contribution >= 4 is 12.6 Å². The van der Waals surface area contributed by atoms with Crippen LogP contribution in [0.3, 0.4) is 0 Å². The van der Waals surface area contributed by atoms with Crippen LogP contribution in [0.25, 0.3) is 0 Å². The van der Waals surface area contributed by atoms with Gasteiger partial charge in [0.05, 0.1) is 11.2 Å². The van der Waals surface area contributed by atoms with Gasteiger partial charge in [-0.1, -0.05) is 18.2 Å². The van der Waals surface area contributed by atoms with E-state index in [9.17, 15) is 17.6 Å². The number of hydrogen-bond acceptors (Lipinski definition) is 2. The molecule has 1 heterocycles. The molecule has 1 saturated heterocycles. The second kappa shape index (κ2) is 6.71. The Morgan fingerprint density at radius 1 is 0.828 bits per heavy atom. The molecule has 3 fully saturated rings. The first-order valence-electron chi connectivity index (χ1n) is 10.5. The van der Waals surface area contributed by atoms with E-state index in [2.05, 4.69) is 0 Å². The molecule has 2 aliphatic carbocycles. The van der Waals surface area contributed by atoms with Gasteiger partial charge in [0, 0.05) is 25.7 Å². The van der Waals surface area contributed by atoms with Crippen LogP contribution in [0.1, 0.15) is 89.2 Å². The van der Waals surface area contributed by atoms with Crippen molar-refractivity contribution in [3.8, 4) is 0 Å². The maximum absolute atomic E-state index is 13.7. The summed E-state index contributed by atoms with van der Waals surface area (Å²) in [5, 5.41) is 0. The van der Waals surface area contributed by atoms with E-state index in [-0.39, 0.29) is 37.5 Å². The standard InChI is InChI=1S/C22H29BF4O2/c1-19(2)20(3,4)29-23(28-19)18-6-5-15(16-12-22(26,27)13-16)11-17(18)14-7-9-21(24,25)10-8-14/h5-6,11,14,16H,7-10,12-13H2,1-4H3. The highest BCUT2D eigenvalue weighted by atomic mass is 19.3. The van der Waals surface area contributed by atoms with Crippen LogP contribution in [0.4, 0.5) is 17.6 Å². The lowest BCUT2D eigenvalue weighted by Crippen LogP contribution is -2.41. The van der Waals surface area contributed by atoms with Crippen LogP contribution < -0.4 is 5.46 Å². The number of rotatable bonds is 3. The van der Waals surface area contributed by atoms with Gasteiger partial charge in [0.1, 0.15) is 0 Å². The molecule has 2 nitrogen and oxygen atoms in total. The van der Waals surface area contributed by atoms with E-state index in [1.807, 2.05) is 45.9 Å². The summed E-state index contributed by atoms with van der Waals surface area (Å²) in [5.74, 6) is -5.43. The minimum atomic E-state index is -2.62. The average Bonchev–Trinajstić information content (AvgIpc) is 2.80. The summed E-state index contributed by atoms with van der Waals surface area (Å²) in [5.41, 5.74) is 1.61. The first kappa shape index (κ1) is 21.2. The first-order valence-corrected chi connectivity index (χ1v) is 10.5. The largest absolute Gasteiger partial charge is 0.495 e. The highest BCUT2D eigenvalue weighted by Gasteiger charge is 2.53. The first-order chi connectivity index (χ1) is 13.3. The van der Waals surface area contributed by atoms with Crippen molar-refractivity contribution in [2.45, 2.75) is 101 Å². The van der Waals surface area contributed by atoms with Crippen molar-refractivity contribution in [2.24, 2.45) is 0 Å². The molecule has 0 amide bonds. The van der Waals surface area contributed by atoms with E-state index in [4.69, 9.17) is 9.31 Å². The molecule has 4 rings (SSSR count). The van der Waals surface area contributed by atoms with E-state index >= 15 is 0 Å². The van der Waals surface area contributed by atoms with Crippen LogP contribution in [0.5, 0.6) is 0 Å². The molecular formula is C22H29BF4O2. The molecule has 0 unspecified atom stereocenters. The summed E-state index contributed by atoms with van der Waals surface area (Å²) < 4.78 is 66.6. The summed E-state index contributed by atoms with van der Waals surface area (Å²) in [7, 11) is -0.589. The summed E-state index contributed by atoms with van der Waals surface area (Å²) in [4.78, 5) is 0. The Kier molecular flexibility index (Phi) is 4.90. The lowest BCUT2D eigenvalue weighted by atomic mass is 9.67. The maximum Gasteiger partial charge on any atom is 0.495 e. The Balaban J connectivity index is 1.66. The molecule has 1 aromatic carbocycles. The third kappa shape index (κ3) is 3.97. The van der Waals surface area contributed by atoms with Gasteiger partial charge in [-0.2, -0.15) is 0 Å². The van der Waals surface area contributed by atoms with Crippen molar-refractivity contribution < 1.29 is 26.9 Å². The fourth-order valence-electron chi connectivity index (χ4n) is 4.63. The quantitative estimate of drug-likeness (QED) is 0.462. The topological polar surface area (TPSA) is 18.5 Å². The van der Waals surface area contributed by atoms with Gasteiger partial charge in [-0.05, 0) is 69.0 Å². The SMILES string of the molecule is CC1(C)OB(c2ccc(C3CC(F)(F)C3)cc2C2CCC(F)(F)CC2)OC1(C)C. The van der Waals surface area contributed by atoms with Gasteiger partial charge in [-0.25, -0.2) is 17.6 Å². The van der Waals surface area contributed by atoms with Crippen molar-refractivity contribution in [3.63, 3.8) is 0 Å².